The van der Waals surface area contributed by atoms with Gasteiger partial charge in [-0.15, -0.1) is 0 Å². The Morgan fingerprint density at radius 2 is 2.00 bits per heavy atom. The van der Waals surface area contributed by atoms with Crippen LogP contribution in [0.3, 0.4) is 0 Å². The molecule has 106 valence electrons. The number of pyridine rings is 1. The summed E-state index contributed by atoms with van der Waals surface area (Å²) in [4.78, 5) is 15.5. The summed E-state index contributed by atoms with van der Waals surface area (Å²) in [5, 5.41) is 10.0. The molecule has 1 N–H and O–H groups in total. The lowest BCUT2D eigenvalue weighted by molar-refractivity contribution is -0.136. The van der Waals surface area contributed by atoms with Crippen LogP contribution in [0, 0.1) is 6.92 Å². The molecule has 21 heavy (non-hydrogen) atoms. The van der Waals surface area contributed by atoms with E-state index in [1.54, 1.807) is 0 Å². The van der Waals surface area contributed by atoms with E-state index in [9.17, 15) is 4.79 Å². The Bertz CT molecular complexity index is 805. The fourth-order valence-corrected chi connectivity index (χ4v) is 2.62. The SMILES string of the molecule is Cc1cccc(Cn2cc(CC(=O)O)c3ccccc32)n1. The Labute approximate surface area is 122 Å². The van der Waals surface area contributed by atoms with Gasteiger partial charge >= 0.3 is 5.97 Å². The molecule has 0 amide bonds. The zero-order valence-electron chi connectivity index (χ0n) is 11.8. The van der Waals surface area contributed by atoms with E-state index in [0.29, 0.717) is 6.54 Å². The number of aromatic nitrogens is 2. The molecule has 2 heterocycles. The van der Waals surface area contributed by atoms with E-state index in [1.165, 1.54) is 0 Å². The van der Waals surface area contributed by atoms with Crippen molar-refractivity contribution in [3.8, 4) is 0 Å². The molecule has 3 aromatic rings. The summed E-state index contributed by atoms with van der Waals surface area (Å²) >= 11 is 0. The molecule has 0 saturated heterocycles. The van der Waals surface area contributed by atoms with E-state index in [0.717, 1.165) is 27.9 Å². The Morgan fingerprint density at radius 3 is 2.76 bits per heavy atom. The molecule has 0 unspecified atom stereocenters. The Kier molecular flexibility index (Phi) is 3.44. The van der Waals surface area contributed by atoms with Gasteiger partial charge in [0.05, 0.1) is 18.7 Å². The molecule has 0 atom stereocenters. The van der Waals surface area contributed by atoms with Gasteiger partial charge in [-0.05, 0) is 30.7 Å². The van der Waals surface area contributed by atoms with Gasteiger partial charge in [-0.2, -0.15) is 0 Å². The first-order chi connectivity index (χ1) is 10.1. The van der Waals surface area contributed by atoms with Gasteiger partial charge in [0.1, 0.15) is 0 Å². The second-order valence-corrected chi connectivity index (χ2v) is 5.14. The molecule has 2 aromatic heterocycles. The zero-order chi connectivity index (χ0) is 14.8. The average molecular weight is 280 g/mol. The summed E-state index contributed by atoms with van der Waals surface area (Å²) in [6, 6.07) is 13.8. The summed E-state index contributed by atoms with van der Waals surface area (Å²) in [5.41, 5.74) is 3.83. The van der Waals surface area contributed by atoms with Crippen LogP contribution >= 0.6 is 0 Å². The number of nitrogens with zero attached hydrogens (tertiary/aromatic N) is 2. The molecular formula is C17H16N2O2. The van der Waals surface area contributed by atoms with Crippen molar-refractivity contribution in [2.45, 2.75) is 19.9 Å². The number of hydrogen-bond donors (Lipinski definition) is 1. The van der Waals surface area contributed by atoms with E-state index in [4.69, 9.17) is 5.11 Å². The molecule has 0 radical (unpaired) electrons. The highest BCUT2D eigenvalue weighted by Gasteiger charge is 2.11. The number of carboxylic acids is 1. The Hall–Kier alpha value is -2.62. The minimum atomic E-state index is -0.813. The normalized spacial score (nSPS) is 10.9. The smallest absolute Gasteiger partial charge is 0.307 e. The monoisotopic (exact) mass is 280 g/mol. The van der Waals surface area contributed by atoms with Crippen molar-refractivity contribution in [1.82, 2.24) is 9.55 Å². The first-order valence-electron chi connectivity index (χ1n) is 6.84. The molecule has 0 aliphatic carbocycles. The predicted molar refractivity (Wildman–Crippen MR) is 81.4 cm³/mol. The van der Waals surface area contributed by atoms with Gasteiger partial charge in [0.2, 0.25) is 0 Å². The van der Waals surface area contributed by atoms with Crippen molar-refractivity contribution < 1.29 is 9.90 Å². The third-order valence-corrected chi connectivity index (χ3v) is 3.49. The number of aliphatic carboxylic acids is 1. The lowest BCUT2D eigenvalue weighted by Crippen LogP contribution is -2.02. The third kappa shape index (κ3) is 2.79. The van der Waals surface area contributed by atoms with Crippen LogP contribution < -0.4 is 0 Å². The number of aryl methyl sites for hydroxylation is 1. The summed E-state index contributed by atoms with van der Waals surface area (Å²) in [6.07, 6.45) is 1.96. The summed E-state index contributed by atoms with van der Waals surface area (Å²) in [7, 11) is 0. The highest BCUT2D eigenvalue weighted by molar-refractivity contribution is 5.87. The van der Waals surface area contributed by atoms with Gasteiger partial charge in [-0.3, -0.25) is 9.78 Å². The van der Waals surface area contributed by atoms with Crippen molar-refractivity contribution in [3.05, 3.63) is 65.6 Å². The molecule has 0 bridgehead atoms. The first-order valence-corrected chi connectivity index (χ1v) is 6.84. The molecule has 4 heteroatoms. The first kappa shape index (κ1) is 13.4. The maximum absolute atomic E-state index is 11.0. The largest absolute Gasteiger partial charge is 0.481 e. The predicted octanol–water partition coefficient (Wildman–Crippen LogP) is 3.02. The minimum absolute atomic E-state index is 0.0365. The molecule has 0 spiro atoms. The molecule has 0 aliphatic rings. The second kappa shape index (κ2) is 5.40. The molecule has 0 saturated carbocycles. The van der Waals surface area contributed by atoms with Crippen LogP contribution in [0.4, 0.5) is 0 Å². The van der Waals surface area contributed by atoms with E-state index in [-0.39, 0.29) is 6.42 Å². The van der Waals surface area contributed by atoms with E-state index < -0.39 is 5.97 Å². The summed E-state index contributed by atoms with van der Waals surface area (Å²) < 4.78 is 2.06. The lowest BCUT2D eigenvalue weighted by atomic mass is 10.1. The van der Waals surface area contributed by atoms with Crippen molar-refractivity contribution in [1.29, 1.82) is 0 Å². The number of carbonyl (C=O) groups is 1. The van der Waals surface area contributed by atoms with Crippen LogP contribution in [0.2, 0.25) is 0 Å². The van der Waals surface area contributed by atoms with Gasteiger partial charge in [0.25, 0.3) is 0 Å². The van der Waals surface area contributed by atoms with E-state index in [2.05, 4.69) is 9.55 Å². The fourth-order valence-electron chi connectivity index (χ4n) is 2.62. The topological polar surface area (TPSA) is 55.1 Å². The standard InChI is InChI=1S/C17H16N2O2/c1-12-5-4-6-14(18-12)11-19-10-13(9-17(20)21)15-7-2-3-8-16(15)19/h2-8,10H,9,11H2,1H3,(H,20,21). The van der Waals surface area contributed by atoms with Crippen molar-refractivity contribution in [2.75, 3.05) is 0 Å². The highest BCUT2D eigenvalue weighted by atomic mass is 16.4. The van der Waals surface area contributed by atoms with Crippen molar-refractivity contribution in [2.24, 2.45) is 0 Å². The molecule has 0 fully saturated rings. The average Bonchev–Trinajstić information content (AvgIpc) is 2.77. The van der Waals surface area contributed by atoms with Crippen LogP contribution in [0.25, 0.3) is 10.9 Å². The quantitative estimate of drug-likeness (QED) is 0.799. The van der Waals surface area contributed by atoms with Gasteiger partial charge < -0.3 is 9.67 Å². The number of benzene rings is 1. The molecular weight excluding hydrogens is 264 g/mol. The molecule has 1 aromatic carbocycles. The van der Waals surface area contributed by atoms with Crippen molar-refractivity contribution in [3.63, 3.8) is 0 Å². The molecule has 3 rings (SSSR count). The molecule has 0 aliphatic heterocycles. The Balaban J connectivity index is 2.04. The number of carboxylic acid groups (broad SMARTS) is 1. The summed E-state index contributed by atoms with van der Waals surface area (Å²) in [6.45, 7) is 2.61. The minimum Gasteiger partial charge on any atom is -0.481 e. The van der Waals surface area contributed by atoms with Gasteiger partial charge in [0.15, 0.2) is 0 Å². The molecule has 4 nitrogen and oxygen atoms in total. The van der Waals surface area contributed by atoms with Gasteiger partial charge in [-0.1, -0.05) is 24.3 Å². The number of rotatable bonds is 4. The third-order valence-electron chi connectivity index (χ3n) is 3.49. The van der Waals surface area contributed by atoms with Crippen LogP contribution in [0.5, 0.6) is 0 Å². The number of fused-ring (bicyclic) bond motifs is 1. The Morgan fingerprint density at radius 1 is 1.19 bits per heavy atom. The number of para-hydroxylation sites is 1. The van der Waals surface area contributed by atoms with E-state index in [1.807, 2.05) is 55.6 Å². The maximum Gasteiger partial charge on any atom is 0.307 e. The van der Waals surface area contributed by atoms with Gasteiger partial charge in [0, 0.05) is 22.8 Å². The maximum atomic E-state index is 11.0. The van der Waals surface area contributed by atoms with Gasteiger partial charge in [-0.25, -0.2) is 0 Å². The lowest BCUT2D eigenvalue weighted by Gasteiger charge is -2.05. The zero-order valence-corrected chi connectivity index (χ0v) is 11.8. The van der Waals surface area contributed by atoms with Crippen LogP contribution in [0.1, 0.15) is 17.0 Å². The van der Waals surface area contributed by atoms with Crippen molar-refractivity contribution >= 4 is 16.9 Å². The van der Waals surface area contributed by atoms with Crippen LogP contribution in [-0.2, 0) is 17.8 Å². The second-order valence-electron chi connectivity index (χ2n) is 5.14. The number of hydrogen-bond acceptors (Lipinski definition) is 2. The highest BCUT2D eigenvalue weighted by Crippen LogP contribution is 2.22. The van der Waals surface area contributed by atoms with Crippen LogP contribution in [-0.4, -0.2) is 20.6 Å². The van der Waals surface area contributed by atoms with Crippen LogP contribution in [0.15, 0.2) is 48.7 Å². The fraction of sp³-hybridized carbons (Fsp3) is 0.176. The summed E-state index contributed by atoms with van der Waals surface area (Å²) in [5.74, 6) is -0.813. The van der Waals surface area contributed by atoms with E-state index >= 15 is 0 Å².